The van der Waals surface area contributed by atoms with Crippen LogP contribution in [0.25, 0.3) is 0 Å². The van der Waals surface area contributed by atoms with Gasteiger partial charge >= 0.3 is 0 Å². The van der Waals surface area contributed by atoms with Gasteiger partial charge in [-0.25, -0.2) is 0 Å². The molecule has 2 N–H and O–H groups in total. The average molecular weight is 236 g/mol. The maximum atomic E-state index is 12.1. The highest BCUT2D eigenvalue weighted by Gasteiger charge is 2.20. The van der Waals surface area contributed by atoms with Crippen LogP contribution in [0.2, 0.25) is 0 Å². The number of nitrogens with zero attached hydrogens (tertiary/aromatic N) is 2. The predicted octanol–water partition coefficient (Wildman–Crippen LogP) is 0.485. The minimum Gasteiger partial charge on any atom is -0.508 e. The van der Waals surface area contributed by atoms with Crippen LogP contribution < -0.4 is 0 Å². The molecule has 0 saturated carbocycles. The number of phenolic OH excluding ortho intramolecular Hbond substituents is 2. The number of benzene rings is 1. The standard InChI is InChI=1S/C12H16N2O3/c1-13-2-4-14(5-3-13)12(17)9-6-10(15)8-11(16)7-9/h6-8,15-16H,2-5H2,1H3. The lowest BCUT2D eigenvalue weighted by Gasteiger charge is -2.32. The summed E-state index contributed by atoms with van der Waals surface area (Å²) in [4.78, 5) is 16.0. The fourth-order valence-electron chi connectivity index (χ4n) is 1.91. The van der Waals surface area contributed by atoms with Crippen molar-refractivity contribution in [3.05, 3.63) is 23.8 Å². The summed E-state index contributed by atoms with van der Waals surface area (Å²) in [5.74, 6) is -0.339. The van der Waals surface area contributed by atoms with Crippen LogP contribution in [-0.2, 0) is 0 Å². The van der Waals surface area contributed by atoms with Gasteiger partial charge in [0.15, 0.2) is 0 Å². The second-order valence-corrected chi connectivity index (χ2v) is 4.33. The van der Waals surface area contributed by atoms with Crippen molar-refractivity contribution in [2.45, 2.75) is 0 Å². The lowest BCUT2D eigenvalue weighted by Crippen LogP contribution is -2.47. The Hall–Kier alpha value is -1.75. The Bertz CT molecular complexity index is 406. The molecule has 1 heterocycles. The molecule has 1 aliphatic rings. The zero-order chi connectivity index (χ0) is 12.4. The number of likely N-dealkylation sites (N-methyl/N-ethyl adjacent to an activating group) is 1. The predicted molar refractivity (Wildman–Crippen MR) is 63.2 cm³/mol. The maximum Gasteiger partial charge on any atom is 0.254 e. The van der Waals surface area contributed by atoms with Gasteiger partial charge in [-0.15, -0.1) is 0 Å². The van der Waals surface area contributed by atoms with E-state index in [1.807, 2.05) is 7.05 Å². The van der Waals surface area contributed by atoms with Gasteiger partial charge in [0.2, 0.25) is 0 Å². The van der Waals surface area contributed by atoms with E-state index in [1.54, 1.807) is 4.90 Å². The highest BCUT2D eigenvalue weighted by Crippen LogP contribution is 2.21. The molecule has 1 fully saturated rings. The maximum absolute atomic E-state index is 12.1. The number of hydrogen-bond donors (Lipinski definition) is 2. The molecular formula is C12H16N2O3. The molecule has 0 aromatic heterocycles. The Balaban J connectivity index is 2.14. The van der Waals surface area contributed by atoms with Crippen molar-refractivity contribution in [1.29, 1.82) is 0 Å². The summed E-state index contributed by atoms with van der Waals surface area (Å²) in [6.07, 6.45) is 0. The molecule has 1 aliphatic heterocycles. The fourth-order valence-corrected chi connectivity index (χ4v) is 1.91. The first-order chi connectivity index (χ1) is 8.06. The Labute approximate surface area is 99.9 Å². The smallest absolute Gasteiger partial charge is 0.254 e. The average Bonchev–Trinajstić information content (AvgIpc) is 2.28. The third kappa shape index (κ3) is 2.68. The molecule has 1 amide bonds. The van der Waals surface area contributed by atoms with E-state index in [4.69, 9.17) is 0 Å². The highest BCUT2D eigenvalue weighted by atomic mass is 16.3. The van der Waals surface area contributed by atoms with E-state index in [9.17, 15) is 15.0 Å². The van der Waals surface area contributed by atoms with Gasteiger partial charge in [-0.05, 0) is 19.2 Å². The molecule has 0 unspecified atom stereocenters. The van der Waals surface area contributed by atoms with Gasteiger partial charge in [0.25, 0.3) is 5.91 Å². The van der Waals surface area contributed by atoms with Gasteiger partial charge in [0, 0.05) is 37.8 Å². The quantitative estimate of drug-likeness (QED) is 0.744. The van der Waals surface area contributed by atoms with Crippen LogP contribution in [0, 0.1) is 0 Å². The van der Waals surface area contributed by atoms with E-state index in [1.165, 1.54) is 18.2 Å². The SMILES string of the molecule is CN1CCN(C(=O)c2cc(O)cc(O)c2)CC1. The number of amides is 1. The molecular weight excluding hydrogens is 220 g/mol. The van der Waals surface area contributed by atoms with Crippen molar-refractivity contribution >= 4 is 5.91 Å². The molecule has 5 nitrogen and oxygen atoms in total. The van der Waals surface area contributed by atoms with Crippen molar-refractivity contribution < 1.29 is 15.0 Å². The lowest BCUT2D eigenvalue weighted by molar-refractivity contribution is 0.0663. The van der Waals surface area contributed by atoms with Crippen LogP contribution >= 0.6 is 0 Å². The van der Waals surface area contributed by atoms with Crippen LogP contribution in [0.3, 0.4) is 0 Å². The topological polar surface area (TPSA) is 64.0 Å². The van der Waals surface area contributed by atoms with E-state index >= 15 is 0 Å². The van der Waals surface area contributed by atoms with Crippen molar-refractivity contribution in [3.8, 4) is 11.5 Å². The van der Waals surface area contributed by atoms with E-state index < -0.39 is 0 Å². The van der Waals surface area contributed by atoms with E-state index in [2.05, 4.69) is 4.90 Å². The number of rotatable bonds is 1. The van der Waals surface area contributed by atoms with Gasteiger partial charge in [0.1, 0.15) is 11.5 Å². The number of hydrogen-bond acceptors (Lipinski definition) is 4. The molecule has 2 rings (SSSR count). The molecule has 1 aromatic carbocycles. The summed E-state index contributed by atoms with van der Waals surface area (Å²) < 4.78 is 0. The molecule has 0 aliphatic carbocycles. The largest absolute Gasteiger partial charge is 0.508 e. The van der Waals surface area contributed by atoms with Crippen LogP contribution in [0.1, 0.15) is 10.4 Å². The normalized spacial score (nSPS) is 17.1. The second kappa shape index (κ2) is 4.63. The van der Waals surface area contributed by atoms with E-state index in [0.29, 0.717) is 18.7 Å². The molecule has 92 valence electrons. The molecule has 0 bridgehead atoms. The molecule has 0 atom stereocenters. The van der Waals surface area contributed by atoms with Crippen LogP contribution in [-0.4, -0.2) is 59.1 Å². The summed E-state index contributed by atoms with van der Waals surface area (Å²) >= 11 is 0. The number of carbonyl (C=O) groups excluding carboxylic acids is 1. The van der Waals surface area contributed by atoms with Crippen molar-refractivity contribution in [2.75, 3.05) is 33.2 Å². The summed E-state index contributed by atoms with van der Waals surface area (Å²) in [6.45, 7) is 3.03. The van der Waals surface area contributed by atoms with Gasteiger partial charge in [-0.1, -0.05) is 0 Å². The highest BCUT2D eigenvalue weighted by molar-refractivity contribution is 5.95. The summed E-state index contributed by atoms with van der Waals surface area (Å²) in [7, 11) is 2.02. The van der Waals surface area contributed by atoms with Crippen molar-refractivity contribution in [3.63, 3.8) is 0 Å². The van der Waals surface area contributed by atoms with Gasteiger partial charge in [-0.3, -0.25) is 4.79 Å². The minimum atomic E-state index is -0.149. The number of piperazine rings is 1. The van der Waals surface area contributed by atoms with Crippen molar-refractivity contribution in [1.82, 2.24) is 9.80 Å². The summed E-state index contributed by atoms with van der Waals surface area (Å²) in [5, 5.41) is 18.7. The molecule has 0 radical (unpaired) electrons. The Kier molecular flexibility index (Phi) is 3.19. The molecule has 17 heavy (non-hydrogen) atoms. The first-order valence-electron chi connectivity index (χ1n) is 5.57. The molecule has 5 heteroatoms. The zero-order valence-corrected chi connectivity index (χ0v) is 9.76. The number of carbonyl (C=O) groups is 1. The fraction of sp³-hybridized carbons (Fsp3) is 0.417. The van der Waals surface area contributed by atoms with E-state index in [-0.39, 0.29) is 17.4 Å². The monoisotopic (exact) mass is 236 g/mol. The van der Waals surface area contributed by atoms with Crippen LogP contribution in [0.15, 0.2) is 18.2 Å². The van der Waals surface area contributed by atoms with Gasteiger partial charge < -0.3 is 20.0 Å². The third-order valence-electron chi connectivity index (χ3n) is 2.94. The zero-order valence-electron chi connectivity index (χ0n) is 9.76. The Morgan fingerprint density at radius 2 is 1.59 bits per heavy atom. The lowest BCUT2D eigenvalue weighted by atomic mass is 10.1. The van der Waals surface area contributed by atoms with Crippen LogP contribution in [0.4, 0.5) is 0 Å². The number of aromatic hydroxyl groups is 2. The van der Waals surface area contributed by atoms with E-state index in [0.717, 1.165) is 13.1 Å². The second-order valence-electron chi connectivity index (χ2n) is 4.33. The van der Waals surface area contributed by atoms with Crippen molar-refractivity contribution in [2.24, 2.45) is 0 Å². The first-order valence-corrected chi connectivity index (χ1v) is 5.57. The molecule has 1 saturated heterocycles. The minimum absolute atomic E-state index is 0.0949. The molecule has 1 aromatic rings. The first kappa shape index (κ1) is 11.7. The number of phenols is 2. The van der Waals surface area contributed by atoms with Gasteiger partial charge in [-0.2, -0.15) is 0 Å². The van der Waals surface area contributed by atoms with Crippen LogP contribution in [0.5, 0.6) is 11.5 Å². The molecule has 0 spiro atoms. The Morgan fingerprint density at radius 1 is 1.06 bits per heavy atom. The summed E-state index contributed by atoms with van der Waals surface area (Å²) in [5.41, 5.74) is 0.326. The third-order valence-corrected chi connectivity index (χ3v) is 2.94. The Morgan fingerprint density at radius 3 is 2.12 bits per heavy atom. The summed E-state index contributed by atoms with van der Waals surface area (Å²) in [6, 6.07) is 3.96. The van der Waals surface area contributed by atoms with Gasteiger partial charge in [0.05, 0.1) is 0 Å².